The Morgan fingerprint density at radius 2 is 0.500 bits per heavy atom. The molecule has 0 aliphatic heterocycles. The summed E-state index contributed by atoms with van der Waals surface area (Å²) in [6.07, 6.45) is 43.8. The highest BCUT2D eigenvalue weighted by molar-refractivity contribution is 4.53. The Labute approximate surface area is 264 Å². The molecule has 0 aromatic heterocycles. The van der Waals surface area contributed by atoms with Crippen molar-refractivity contribution in [2.24, 2.45) is 0 Å². The molecule has 0 unspecified atom stereocenters. The zero-order valence-corrected chi connectivity index (χ0v) is 29.5. The summed E-state index contributed by atoms with van der Waals surface area (Å²) in [5.41, 5.74) is 0. The Kier molecular flexibility index (Phi) is 37.5. The van der Waals surface area contributed by atoms with Gasteiger partial charge in [0.15, 0.2) is 0 Å². The smallest absolute Gasteiger partial charge is 0.0784 e. The average Bonchev–Trinajstić information content (AvgIpc) is 2.96. The summed E-state index contributed by atoms with van der Waals surface area (Å²) in [6.45, 7) is 11.3. The van der Waals surface area contributed by atoms with Crippen molar-refractivity contribution in [2.75, 3.05) is 26.7 Å². The normalized spacial score (nSPS) is 11.4. The summed E-state index contributed by atoms with van der Waals surface area (Å²) in [5, 5.41) is 14.8. The highest BCUT2D eigenvalue weighted by Crippen LogP contribution is 2.18. The second-order valence-corrected chi connectivity index (χ2v) is 13.6. The Morgan fingerprint density at radius 1 is 0.357 bits per heavy atom. The van der Waals surface area contributed by atoms with Crippen molar-refractivity contribution in [1.82, 2.24) is 0 Å². The molecule has 0 spiro atoms. The second kappa shape index (κ2) is 36.4. The molecule has 5 nitrogen and oxygen atoms in total. The van der Waals surface area contributed by atoms with Crippen LogP contribution in [0.3, 0.4) is 0 Å². The van der Waals surface area contributed by atoms with Gasteiger partial charge in [-0.05, 0) is 38.5 Å². The molecule has 0 saturated carbocycles. The largest absolute Gasteiger partial charge is 0.356 e. The van der Waals surface area contributed by atoms with E-state index in [4.69, 9.17) is 15.3 Å². The second-order valence-electron chi connectivity index (χ2n) is 13.6. The predicted octanol–water partition coefficient (Wildman–Crippen LogP) is 13.0. The molecular formula is C37H78N2O3. The average molecular weight is 599 g/mol. The number of hydrogen-bond donors (Lipinski definition) is 0. The lowest BCUT2D eigenvalue weighted by molar-refractivity contribution is -0.910. The van der Waals surface area contributed by atoms with E-state index in [2.05, 4.69) is 27.8 Å². The van der Waals surface area contributed by atoms with Crippen LogP contribution in [0.5, 0.6) is 0 Å². The number of hydrogen-bond acceptors (Lipinski definition) is 3. The molecule has 42 heavy (non-hydrogen) atoms. The molecule has 0 bridgehead atoms. The van der Waals surface area contributed by atoms with Crippen LogP contribution in [0, 0.1) is 15.3 Å². The third kappa shape index (κ3) is 39.2. The standard InChI is InChI=1S/C37H78N.NO3/c1-5-8-11-14-17-20-23-26-29-32-35-38(4,36-33-30-27-24-21-18-15-12-9-6-2)37-34-31-28-25-22-19-16-13-10-7-3;2-1(3)4/h5-37H2,1-4H3;/q+1;-1. The lowest BCUT2D eigenvalue weighted by atomic mass is 10.0. The van der Waals surface area contributed by atoms with Gasteiger partial charge in [0.1, 0.15) is 0 Å². The predicted molar refractivity (Wildman–Crippen MR) is 187 cm³/mol. The molecule has 0 heterocycles. The van der Waals surface area contributed by atoms with Gasteiger partial charge in [-0.3, -0.25) is 0 Å². The molecule has 0 aromatic rings. The van der Waals surface area contributed by atoms with Crippen LogP contribution >= 0.6 is 0 Å². The van der Waals surface area contributed by atoms with E-state index >= 15 is 0 Å². The first-order valence-corrected chi connectivity index (χ1v) is 19.1. The summed E-state index contributed by atoms with van der Waals surface area (Å²) in [5.74, 6) is 0. The van der Waals surface area contributed by atoms with Crippen molar-refractivity contribution >= 4 is 0 Å². The first-order chi connectivity index (χ1) is 20.4. The van der Waals surface area contributed by atoms with E-state index < -0.39 is 5.09 Å². The molecule has 0 amide bonds. The number of rotatable bonds is 33. The van der Waals surface area contributed by atoms with Gasteiger partial charge in [-0.1, -0.05) is 175 Å². The molecular weight excluding hydrogens is 520 g/mol. The summed E-state index contributed by atoms with van der Waals surface area (Å²) < 4.78 is 1.37. The van der Waals surface area contributed by atoms with Gasteiger partial charge in [0, 0.05) is 0 Å². The fraction of sp³-hybridized carbons (Fsp3) is 1.00. The van der Waals surface area contributed by atoms with E-state index in [1.165, 1.54) is 217 Å². The molecule has 0 aromatic carbocycles. The van der Waals surface area contributed by atoms with Crippen molar-refractivity contribution in [3.8, 4) is 0 Å². The highest BCUT2D eigenvalue weighted by Gasteiger charge is 2.20. The van der Waals surface area contributed by atoms with Gasteiger partial charge < -0.3 is 19.8 Å². The fourth-order valence-corrected chi connectivity index (χ4v) is 6.28. The van der Waals surface area contributed by atoms with E-state index in [0.717, 1.165) is 0 Å². The van der Waals surface area contributed by atoms with Crippen LogP contribution in [0.2, 0.25) is 0 Å². The number of nitrogens with zero attached hydrogens (tertiary/aromatic N) is 2. The van der Waals surface area contributed by atoms with Gasteiger partial charge in [-0.25, -0.2) is 0 Å². The van der Waals surface area contributed by atoms with Crippen LogP contribution in [0.25, 0.3) is 0 Å². The SMILES string of the molecule is CCCCCCCCCCCC[N+](C)(CCCCCCCCCCCC)CCCCCCCCCCCC.O=[N+]([O-])[O-]. The van der Waals surface area contributed by atoms with Crippen molar-refractivity contribution in [2.45, 2.75) is 213 Å². The zero-order valence-electron chi connectivity index (χ0n) is 29.5. The van der Waals surface area contributed by atoms with E-state index in [-0.39, 0.29) is 0 Å². The minimum absolute atomic E-state index is 1.37. The summed E-state index contributed by atoms with van der Waals surface area (Å²) in [6, 6.07) is 0. The third-order valence-corrected chi connectivity index (χ3v) is 9.15. The van der Waals surface area contributed by atoms with Crippen molar-refractivity contribution in [1.29, 1.82) is 0 Å². The summed E-state index contributed by atoms with van der Waals surface area (Å²) in [4.78, 5) is 8.25. The minimum atomic E-state index is -1.75. The van der Waals surface area contributed by atoms with Crippen molar-refractivity contribution in [3.63, 3.8) is 0 Å². The van der Waals surface area contributed by atoms with E-state index in [9.17, 15) is 0 Å². The lowest BCUT2D eigenvalue weighted by Crippen LogP contribution is -2.46. The number of unbranched alkanes of at least 4 members (excludes halogenated alkanes) is 27. The third-order valence-electron chi connectivity index (χ3n) is 9.15. The molecule has 254 valence electrons. The zero-order chi connectivity index (χ0) is 31.4. The van der Waals surface area contributed by atoms with Crippen LogP contribution in [-0.4, -0.2) is 36.3 Å². The maximum atomic E-state index is 8.25. The monoisotopic (exact) mass is 599 g/mol. The van der Waals surface area contributed by atoms with Crippen LogP contribution in [0.1, 0.15) is 213 Å². The minimum Gasteiger partial charge on any atom is -0.356 e. The highest BCUT2D eigenvalue weighted by atomic mass is 16.9. The maximum Gasteiger partial charge on any atom is 0.0784 e. The molecule has 0 radical (unpaired) electrons. The van der Waals surface area contributed by atoms with Crippen molar-refractivity contribution < 1.29 is 9.57 Å². The topological polar surface area (TPSA) is 66.2 Å². The van der Waals surface area contributed by atoms with E-state index in [0.29, 0.717) is 0 Å². The Balaban J connectivity index is 0. The number of quaternary nitrogens is 1. The fourth-order valence-electron chi connectivity index (χ4n) is 6.28. The van der Waals surface area contributed by atoms with Crippen LogP contribution in [0.15, 0.2) is 0 Å². The Morgan fingerprint density at radius 3 is 0.667 bits per heavy atom. The molecule has 0 saturated heterocycles. The van der Waals surface area contributed by atoms with Gasteiger partial charge in [0.05, 0.1) is 31.8 Å². The van der Waals surface area contributed by atoms with Crippen LogP contribution < -0.4 is 0 Å². The molecule has 5 heteroatoms. The Bertz CT molecular complexity index is 451. The summed E-state index contributed by atoms with van der Waals surface area (Å²) >= 11 is 0. The molecule has 0 aliphatic rings. The Hall–Kier alpha value is -0.840. The van der Waals surface area contributed by atoms with Gasteiger partial charge in [0.25, 0.3) is 0 Å². The molecule has 0 fully saturated rings. The van der Waals surface area contributed by atoms with Crippen LogP contribution in [0.4, 0.5) is 0 Å². The first-order valence-electron chi connectivity index (χ1n) is 19.1. The molecule has 0 rings (SSSR count). The van der Waals surface area contributed by atoms with Gasteiger partial charge in [-0.2, -0.15) is 0 Å². The van der Waals surface area contributed by atoms with Crippen LogP contribution in [-0.2, 0) is 0 Å². The molecule has 0 aliphatic carbocycles. The summed E-state index contributed by atoms with van der Waals surface area (Å²) in [7, 11) is 2.61. The maximum absolute atomic E-state index is 8.25. The quantitative estimate of drug-likeness (QED) is 0.0326. The van der Waals surface area contributed by atoms with E-state index in [1.54, 1.807) is 0 Å². The van der Waals surface area contributed by atoms with E-state index in [1.807, 2.05) is 0 Å². The molecule has 0 N–H and O–H groups in total. The lowest BCUT2D eigenvalue weighted by Gasteiger charge is -2.35. The van der Waals surface area contributed by atoms with Gasteiger partial charge >= 0.3 is 0 Å². The van der Waals surface area contributed by atoms with Crippen molar-refractivity contribution in [3.05, 3.63) is 15.3 Å². The van der Waals surface area contributed by atoms with Gasteiger partial charge in [-0.15, -0.1) is 0 Å². The van der Waals surface area contributed by atoms with Gasteiger partial charge in [0.2, 0.25) is 0 Å². The molecule has 0 atom stereocenters. The first kappa shape index (κ1) is 43.3.